The summed E-state index contributed by atoms with van der Waals surface area (Å²) >= 11 is 5.83. The first-order chi connectivity index (χ1) is 13.8. The van der Waals surface area contributed by atoms with Crippen LogP contribution in [-0.2, 0) is 13.1 Å². The van der Waals surface area contributed by atoms with Crippen molar-refractivity contribution in [1.29, 1.82) is 0 Å². The lowest BCUT2D eigenvalue weighted by Gasteiger charge is -2.26. The molecule has 2 nitrogen and oxygen atoms in total. The molecule has 0 saturated carbocycles. The van der Waals surface area contributed by atoms with E-state index in [0.717, 1.165) is 23.9 Å². The number of rotatable bonds is 5. The Balaban J connectivity index is 1.60. The molecule has 138 valence electrons. The zero-order valence-electron chi connectivity index (χ0n) is 15.6. The number of nitrogens with one attached hydrogen (secondary N) is 1. The maximum atomic E-state index is 5.83. The lowest BCUT2D eigenvalue weighted by Crippen LogP contribution is -2.33. The maximum Gasteiger partial charge on any atom is 0.174 e. The van der Waals surface area contributed by atoms with Crippen molar-refractivity contribution in [3.8, 4) is 0 Å². The zero-order valence-corrected chi connectivity index (χ0v) is 16.4. The Morgan fingerprint density at radius 1 is 0.643 bits per heavy atom. The van der Waals surface area contributed by atoms with E-state index in [0.29, 0.717) is 0 Å². The van der Waals surface area contributed by atoms with Crippen LogP contribution in [0.5, 0.6) is 0 Å². The number of hydrogen-bond donors (Lipinski definition) is 1. The Morgan fingerprint density at radius 3 is 1.82 bits per heavy atom. The van der Waals surface area contributed by atoms with Crippen molar-refractivity contribution in [2.45, 2.75) is 13.1 Å². The number of anilines is 1. The molecule has 3 heteroatoms. The monoisotopic (exact) mass is 382 g/mol. The van der Waals surface area contributed by atoms with Crippen LogP contribution in [0.1, 0.15) is 11.1 Å². The van der Waals surface area contributed by atoms with E-state index in [1.807, 2.05) is 12.1 Å². The molecule has 0 spiro atoms. The second-order valence-corrected chi connectivity index (χ2v) is 7.17. The molecule has 0 atom stereocenters. The fourth-order valence-electron chi connectivity index (χ4n) is 3.34. The highest BCUT2D eigenvalue weighted by Crippen LogP contribution is 2.24. The molecule has 0 heterocycles. The van der Waals surface area contributed by atoms with Gasteiger partial charge >= 0.3 is 0 Å². The smallest absolute Gasteiger partial charge is 0.174 e. The van der Waals surface area contributed by atoms with Gasteiger partial charge in [0.2, 0.25) is 0 Å². The topological polar surface area (TPSA) is 15.3 Å². The third-order valence-corrected chi connectivity index (χ3v) is 5.11. The van der Waals surface area contributed by atoms with Crippen molar-refractivity contribution in [3.05, 3.63) is 114 Å². The van der Waals surface area contributed by atoms with E-state index in [1.165, 1.54) is 21.9 Å². The molecule has 0 radical (unpaired) electrons. The number of fused-ring (bicyclic) bond motifs is 1. The molecule has 0 unspecified atom stereocenters. The van der Waals surface area contributed by atoms with E-state index < -0.39 is 0 Å². The first-order valence-corrected chi connectivity index (χ1v) is 9.82. The van der Waals surface area contributed by atoms with Gasteiger partial charge in [-0.1, -0.05) is 97.1 Å². The van der Waals surface area contributed by atoms with Gasteiger partial charge in [0, 0.05) is 24.2 Å². The van der Waals surface area contributed by atoms with Crippen LogP contribution >= 0.6 is 12.2 Å². The van der Waals surface area contributed by atoms with Gasteiger partial charge in [-0.2, -0.15) is 0 Å². The van der Waals surface area contributed by atoms with E-state index in [1.54, 1.807) is 0 Å². The van der Waals surface area contributed by atoms with Crippen LogP contribution < -0.4 is 5.32 Å². The van der Waals surface area contributed by atoms with Crippen LogP contribution in [-0.4, -0.2) is 10.0 Å². The van der Waals surface area contributed by atoms with Crippen LogP contribution in [0.3, 0.4) is 0 Å². The summed E-state index contributed by atoms with van der Waals surface area (Å²) in [6.45, 7) is 1.51. The summed E-state index contributed by atoms with van der Waals surface area (Å²) in [4.78, 5) is 2.21. The Labute approximate surface area is 171 Å². The minimum Gasteiger partial charge on any atom is -0.340 e. The molecule has 0 bridgehead atoms. The molecular weight excluding hydrogens is 360 g/mol. The average molecular weight is 383 g/mol. The van der Waals surface area contributed by atoms with Crippen LogP contribution in [0, 0.1) is 0 Å². The highest BCUT2D eigenvalue weighted by atomic mass is 32.1. The van der Waals surface area contributed by atoms with Gasteiger partial charge in [-0.15, -0.1) is 0 Å². The summed E-state index contributed by atoms with van der Waals surface area (Å²) in [6.07, 6.45) is 0. The molecule has 0 aliphatic carbocycles. The molecular formula is C25H22N2S. The Hall–Kier alpha value is -3.17. The third kappa shape index (κ3) is 4.38. The van der Waals surface area contributed by atoms with Crippen LogP contribution in [0.4, 0.5) is 5.69 Å². The van der Waals surface area contributed by atoms with Crippen molar-refractivity contribution in [3.63, 3.8) is 0 Å². The van der Waals surface area contributed by atoms with Crippen molar-refractivity contribution in [1.82, 2.24) is 4.90 Å². The van der Waals surface area contributed by atoms with Crippen molar-refractivity contribution >= 4 is 33.8 Å². The van der Waals surface area contributed by atoms with Crippen LogP contribution in [0.2, 0.25) is 0 Å². The third-order valence-electron chi connectivity index (χ3n) is 4.75. The Kier molecular flexibility index (Phi) is 5.64. The molecule has 0 fully saturated rings. The molecule has 1 N–H and O–H groups in total. The van der Waals surface area contributed by atoms with Crippen LogP contribution in [0.15, 0.2) is 103 Å². The minimum absolute atomic E-state index is 0.726. The summed E-state index contributed by atoms with van der Waals surface area (Å²) in [5.74, 6) is 0. The maximum absolute atomic E-state index is 5.83. The van der Waals surface area contributed by atoms with Gasteiger partial charge in [-0.25, -0.2) is 0 Å². The SMILES string of the molecule is S=C(Nc1cccc2ccccc12)N(Cc1ccccc1)Cc1ccccc1. The Morgan fingerprint density at radius 2 is 1.18 bits per heavy atom. The fraction of sp³-hybridized carbons (Fsp3) is 0.0800. The molecule has 4 aromatic carbocycles. The normalized spacial score (nSPS) is 10.6. The highest BCUT2D eigenvalue weighted by molar-refractivity contribution is 7.80. The van der Waals surface area contributed by atoms with Gasteiger partial charge < -0.3 is 10.2 Å². The first kappa shape index (κ1) is 18.2. The molecule has 28 heavy (non-hydrogen) atoms. The lowest BCUT2D eigenvalue weighted by molar-refractivity contribution is 0.413. The second-order valence-electron chi connectivity index (χ2n) is 6.78. The highest BCUT2D eigenvalue weighted by Gasteiger charge is 2.13. The summed E-state index contributed by atoms with van der Waals surface area (Å²) in [7, 11) is 0. The van der Waals surface area contributed by atoms with Gasteiger partial charge in [-0.3, -0.25) is 0 Å². The number of hydrogen-bond acceptors (Lipinski definition) is 1. The molecule has 0 amide bonds. The van der Waals surface area contributed by atoms with E-state index in [4.69, 9.17) is 12.2 Å². The van der Waals surface area contributed by atoms with Gasteiger partial charge in [0.15, 0.2) is 5.11 Å². The van der Waals surface area contributed by atoms with Gasteiger partial charge in [0.25, 0.3) is 0 Å². The van der Waals surface area contributed by atoms with E-state index in [-0.39, 0.29) is 0 Å². The standard InChI is InChI=1S/C25H22N2S/c28-25(26-24-17-9-15-22-14-7-8-16-23(22)24)27(18-20-10-3-1-4-11-20)19-21-12-5-2-6-13-21/h1-17H,18-19H2,(H,26,28). The number of nitrogens with zero attached hydrogens (tertiary/aromatic N) is 1. The summed E-state index contributed by atoms with van der Waals surface area (Å²) in [5.41, 5.74) is 3.51. The second kappa shape index (κ2) is 8.68. The van der Waals surface area contributed by atoms with Gasteiger partial charge in [0.1, 0.15) is 0 Å². The summed E-state index contributed by atoms with van der Waals surface area (Å²) in [5, 5.41) is 6.58. The molecule has 0 aliphatic heterocycles. The molecule has 4 rings (SSSR count). The first-order valence-electron chi connectivity index (χ1n) is 9.41. The molecule has 4 aromatic rings. The fourth-order valence-corrected chi connectivity index (χ4v) is 3.57. The molecule has 0 saturated heterocycles. The molecule has 0 aromatic heterocycles. The van der Waals surface area contributed by atoms with E-state index in [2.05, 4.69) is 101 Å². The lowest BCUT2D eigenvalue weighted by atomic mass is 10.1. The molecule has 0 aliphatic rings. The van der Waals surface area contributed by atoms with Crippen molar-refractivity contribution in [2.75, 3.05) is 5.32 Å². The summed E-state index contributed by atoms with van der Waals surface area (Å²) < 4.78 is 0. The van der Waals surface area contributed by atoms with Crippen molar-refractivity contribution in [2.24, 2.45) is 0 Å². The summed E-state index contributed by atoms with van der Waals surface area (Å²) in [6, 6.07) is 35.5. The van der Waals surface area contributed by atoms with E-state index in [9.17, 15) is 0 Å². The van der Waals surface area contributed by atoms with E-state index >= 15 is 0 Å². The average Bonchev–Trinajstić information content (AvgIpc) is 2.75. The van der Waals surface area contributed by atoms with Crippen molar-refractivity contribution < 1.29 is 0 Å². The quantitative estimate of drug-likeness (QED) is 0.411. The predicted molar refractivity (Wildman–Crippen MR) is 122 cm³/mol. The van der Waals surface area contributed by atoms with Crippen LogP contribution in [0.25, 0.3) is 10.8 Å². The Bertz CT molecular complexity index is 1010. The number of thiocarbonyl (C=S) groups is 1. The number of benzene rings is 4. The predicted octanol–water partition coefficient (Wildman–Crippen LogP) is 6.24. The minimum atomic E-state index is 0.726. The van der Waals surface area contributed by atoms with Gasteiger partial charge in [-0.05, 0) is 34.8 Å². The van der Waals surface area contributed by atoms with Gasteiger partial charge in [0.05, 0.1) is 0 Å². The largest absolute Gasteiger partial charge is 0.340 e. The zero-order chi connectivity index (χ0) is 19.2.